The van der Waals surface area contributed by atoms with Crippen molar-refractivity contribution in [1.29, 1.82) is 0 Å². The number of nitrogens with one attached hydrogen (secondary N) is 1. The zero-order valence-electron chi connectivity index (χ0n) is 19.9. The van der Waals surface area contributed by atoms with Gasteiger partial charge in [0.15, 0.2) is 0 Å². The average molecular weight is 480 g/mol. The van der Waals surface area contributed by atoms with Gasteiger partial charge < -0.3 is 10.2 Å². The smallest absolute Gasteiger partial charge is 0.0737 e. The number of fused-ring (bicyclic) bond motifs is 3. The molecule has 0 radical (unpaired) electrons. The van der Waals surface area contributed by atoms with Crippen LogP contribution in [0.5, 0.6) is 0 Å². The summed E-state index contributed by atoms with van der Waals surface area (Å²) in [4.78, 5) is 7.06. The Labute approximate surface area is 212 Å². The largest absolute Gasteiger partial charge is 0.384 e. The van der Waals surface area contributed by atoms with Crippen LogP contribution in [0.3, 0.4) is 0 Å². The van der Waals surface area contributed by atoms with E-state index in [0.717, 1.165) is 73.5 Å². The van der Waals surface area contributed by atoms with Crippen LogP contribution in [0.15, 0.2) is 84.6 Å². The molecule has 1 fully saturated rings. The van der Waals surface area contributed by atoms with E-state index in [0.29, 0.717) is 0 Å². The molecule has 2 aliphatic rings. The van der Waals surface area contributed by atoms with E-state index in [1.807, 2.05) is 24.4 Å². The third-order valence-corrected chi connectivity index (χ3v) is 7.67. The first kappa shape index (κ1) is 22.3. The number of likely N-dealkylation sites (tertiary alicyclic amines) is 1. The minimum Gasteiger partial charge on any atom is -0.384 e. The van der Waals surface area contributed by atoms with Gasteiger partial charge >= 0.3 is 0 Å². The number of hydrogen-bond donors (Lipinski definition) is 1. The van der Waals surface area contributed by atoms with Gasteiger partial charge in [-0.25, -0.2) is 0 Å². The highest BCUT2D eigenvalue weighted by Crippen LogP contribution is 2.40. The van der Waals surface area contributed by atoms with Crippen molar-refractivity contribution in [3.63, 3.8) is 0 Å². The molecule has 176 valence electrons. The number of pyridine rings is 1. The quantitative estimate of drug-likeness (QED) is 0.270. The first-order valence-electron chi connectivity index (χ1n) is 12.7. The van der Waals surface area contributed by atoms with Gasteiger partial charge in [-0.05, 0) is 84.3 Å². The molecule has 0 bridgehead atoms. The van der Waals surface area contributed by atoms with E-state index in [1.54, 1.807) is 5.57 Å². The highest BCUT2D eigenvalue weighted by molar-refractivity contribution is 6.31. The van der Waals surface area contributed by atoms with Gasteiger partial charge in [-0.2, -0.15) is 0 Å². The van der Waals surface area contributed by atoms with Gasteiger partial charge in [0.1, 0.15) is 0 Å². The second kappa shape index (κ2) is 9.85. The van der Waals surface area contributed by atoms with Crippen LogP contribution in [0.2, 0.25) is 5.02 Å². The Morgan fingerprint density at radius 1 is 0.857 bits per heavy atom. The number of nitrogens with zero attached hydrogens (tertiary/aromatic N) is 2. The van der Waals surface area contributed by atoms with Crippen LogP contribution < -0.4 is 5.32 Å². The second-order valence-electron chi connectivity index (χ2n) is 9.61. The van der Waals surface area contributed by atoms with E-state index < -0.39 is 0 Å². The molecule has 35 heavy (non-hydrogen) atoms. The molecule has 1 N–H and O–H groups in total. The Balaban J connectivity index is 1.09. The molecule has 4 aromatic rings. The maximum atomic E-state index is 6.12. The number of anilines is 1. The molecule has 1 aliphatic heterocycles. The number of hydrogen-bond acceptors (Lipinski definition) is 3. The lowest BCUT2D eigenvalue weighted by molar-refractivity contribution is 0.256. The molecule has 0 unspecified atom stereocenters. The summed E-state index contributed by atoms with van der Waals surface area (Å²) in [6, 6.07) is 25.9. The van der Waals surface area contributed by atoms with Crippen molar-refractivity contribution in [3.05, 3.63) is 112 Å². The lowest BCUT2D eigenvalue weighted by Crippen LogP contribution is -2.33. The van der Waals surface area contributed by atoms with Crippen molar-refractivity contribution in [3.8, 4) is 0 Å². The van der Waals surface area contributed by atoms with Crippen LogP contribution >= 0.6 is 11.6 Å². The first-order chi connectivity index (χ1) is 17.3. The Morgan fingerprint density at radius 3 is 2.31 bits per heavy atom. The van der Waals surface area contributed by atoms with Crippen LogP contribution in [-0.2, 0) is 6.42 Å². The summed E-state index contributed by atoms with van der Waals surface area (Å²) < 4.78 is 0. The molecular weight excluding hydrogens is 450 g/mol. The molecule has 4 heteroatoms. The first-order valence-corrected chi connectivity index (χ1v) is 13.0. The lowest BCUT2D eigenvalue weighted by Gasteiger charge is -2.32. The summed E-state index contributed by atoms with van der Waals surface area (Å²) in [5.74, 6) is 0. The van der Waals surface area contributed by atoms with Gasteiger partial charge in [0.05, 0.1) is 5.52 Å². The van der Waals surface area contributed by atoms with Gasteiger partial charge in [0, 0.05) is 41.9 Å². The van der Waals surface area contributed by atoms with E-state index in [2.05, 4.69) is 69.8 Å². The molecule has 3 aromatic carbocycles. The van der Waals surface area contributed by atoms with Crippen molar-refractivity contribution >= 4 is 33.8 Å². The monoisotopic (exact) mass is 479 g/mol. The van der Waals surface area contributed by atoms with Crippen molar-refractivity contribution in [1.82, 2.24) is 9.88 Å². The molecule has 3 nitrogen and oxygen atoms in total. The minimum absolute atomic E-state index is 0.724. The fourth-order valence-corrected chi connectivity index (χ4v) is 5.83. The normalized spacial score (nSPS) is 15.7. The highest BCUT2D eigenvalue weighted by Gasteiger charge is 2.24. The Hall–Kier alpha value is -3.14. The third-order valence-electron chi connectivity index (χ3n) is 7.44. The molecule has 0 saturated carbocycles. The van der Waals surface area contributed by atoms with E-state index >= 15 is 0 Å². The van der Waals surface area contributed by atoms with E-state index in [1.165, 1.54) is 27.8 Å². The van der Waals surface area contributed by atoms with Crippen LogP contribution in [0.25, 0.3) is 16.5 Å². The van der Waals surface area contributed by atoms with Crippen molar-refractivity contribution in [2.75, 3.05) is 31.5 Å². The van der Waals surface area contributed by atoms with E-state index in [-0.39, 0.29) is 0 Å². The molecule has 0 spiro atoms. The molecule has 1 saturated heterocycles. The Morgan fingerprint density at radius 2 is 1.57 bits per heavy atom. The zero-order chi connectivity index (χ0) is 23.6. The zero-order valence-corrected chi connectivity index (χ0v) is 20.7. The molecule has 1 aromatic heterocycles. The molecule has 0 atom stereocenters. The predicted octanol–water partition coefficient (Wildman–Crippen LogP) is 7.19. The SMILES string of the molecule is Clc1ccc2c(NCCCN3CCC(=C4c5ccccc5Cc5ccccc54)CC3)ccnc2c1. The fraction of sp³-hybridized carbons (Fsp3) is 0.258. The van der Waals surface area contributed by atoms with E-state index in [9.17, 15) is 0 Å². The maximum absolute atomic E-state index is 6.12. The number of halogens is 1. The van der Waals surface area contributed by atoms with Gasteiger partial charge in [0.2, 0.25) is 0 Å². The molecule has 2 heterocycles. The van der Waals surface area contributed by atoms with Crippen molar-refractivity contribution < 1.29 is 0 Å². The van der Waals surface area contributed by atoms with Gasteiger partial charge in [-0.3, -0.25) is 4.98 Å². The summed E-state index contributed by atoms with van der Waals surface area (Å²) in [6.45, 7) is 4.35. The van der Waals surface area contributed by atoms with Gasteiger partial charge in [0.25, 0.3) is 0 Å². The molecule has 1 aliphatic carbocycles. The summed E-state index contributed by atoms with van der Waals surface area (Å²) in [6.07, 6.45) is 6.32. The predicted molar refractivity (Wildman–Crippen MR) is 147 cm³/mol. The second-order valence-corrected chi connectivity index (χ2v) is 10.0. The summed E-state index contributed by atoms with van der Waals surface area (Å²) in [7, 11) is 0. The van der Waals surface area contributed by atoms with Crippen LogP contribution in [0.1, 0.15) is 41.5 Å². The fourth-order valence-electron chi connectivity index (χ4n) is 5.67. The standard InChI is InChI=1S/C31H30ClN3/c32-25-10-11-28-29(12-16-34-30(28)21-25)33-15-5-17-35-18-13-22(14-19-35)31-26-8-3-1-6-23(26)20-24-7-2-4-9-27(24)31/h1-4,6-12,16,21H,5,13-15,17-20H2,(H,33,34). The Kier molecular flexibility index (Phi) is 6.28. The average Bonchev–Trinajstić information content (AvgIpc) is 2.90. The number of benzene rings is 3. The van der Waals surface area contributed by atoms with Crippen molar-refractivity contribution in [2.45, 2.75) is 25.7 Å². The topological polar surface area (TPSA) is 28.2 Å². The van der Waals surface area contributed by atoms with Crippen LogP contribution in [0, 0.1) is 0 Å². The molecule has 6 rings (SSSR count). The lowest BCUT2D eigenvalue weighted by atomic mass is 9.78. The van der Waals surface area contributed by atoms with Crippen LogP contribution in [0.4, 0.5) is 5.69 Å². The number of rotatable bonds is 5. The summed E-state index contributed by atoms with van der Waals surface area (Å²) >= 11 is 6.12. The minimum atomic E-state index is 0.724. The van der Waals surface area contributed by atoms with Gasteiger partial charge in [-0.1, -0.05) is 65.7 Å². The number of aromatic nitrogens is 1. The Bertz CT molecular complexity index is 1350. The van der Waals surface area contributed by atoms with Crippen molar-refractivity contribution in [2.24, 2.45) is 0 Å². The molecule has 0 amide bonds. The third kappa shape index (κ3) is 4.59. The molecular formula is C31H30ClN3. The van der Waals surface area contributed by atoms with E-state index in [4.69, 9.17) is 11.6 Å². The summed E-state index contributed by atoms with van der Waals surface area (Å²) in [5, 5.41) is 5.46. The highest BCUT2D eigenvalue weighted by atomic mass is 35.5. The summed E-state index contributed by atoms with van der Waals surface area (Å²) in [5.41, 5.74) is 11.0. The van der Waals surface area contributed by atoms with Crippen LogP contribution in [-0.4, -0.2) is 36.1 Å². The maximum Gasteiger partial charge on any atom is 0.0737 e. The number of piperidine rings is 1. The van der Waals surface area contributed by atoms with Gasteiger partial charge in [-0.15, -0.1) is 0 Å².